The van der Waals surface area contributed by atoms with Gasteiger partial charge in [-0.25, -0.2) is 4.79 Å². The van der Waals surface area contributed by atoms with Gasteiger partial charge in [0.05, 0.1) is 11.6 Å². The number of esters is 1. The van der Waals surface area contributed by atoms with Crippen LogP contribution in [0.1, 0.15) is 32.6 Å². The molecule has 0 spiro atoms. The fourth-order valence-corrected chi connectivity index (χ4v) is 2.62. The van der Waals surface area contributed by atoms with Gasteiger partial charge in [-0.15, -0.1) is 11.3 Å². The maximum absolute atomic E-state index is 11.9. The number of rotatable bonds is 4. The smallest absolute Gasteiger partial charge is 0.348 e. The number of hydrogen-bond acceptors (Lipinski definition) is 5. The summed E-state index contributed by atoms with van der Waals surface area (Å²) in [6.45, 7) is 3.88. The fraction of sp³-hybridized carbons (Fsp3) is 0.308. The SMILES string of the molecule is CCOC(=O)c1sc(NC(=O)c2ccn(C)n2)cc1C. The van der Waals surface area contributed by atoms with Gasteiger partial charge in [0.25, 0.3) is 5.91 Å². The Bertz CT molecular complexity index is 645. The molecule has 0 atom stereocenters. The van der Waals surface area contributed by atoms with Crippen LogP contribution in [0.4, 0.5) is 5.00 Å². The van der Waals surface area contributed by atoms with E-state index in [2.05, 4.69) is 10.4 Å². The van der Waals surface area contributed by atoms with Crippen LogP contribution in [0.15, 0.2) is 18.3 Å². The van der Waals surface area contributed by atoms with Crippen molar-refractivity contribution in [2.24, 2.45) is 7.05 Å². The second kappa shape index (κ2) is 5.87. The van der Waals surface area contributed by atoms with Gasteiger partial charge in [0, 0.05) is 13.2 Å². The molecule has 0 aliphatic carbocycles. The molecule has 0 fully saturated rings. The first-order valence-electron chi connectivity index (χ1n) is 6.09. The van der Waals surface area contributed by atoms with Crippen molar-refractivity contribution in [1.82, 2.24) is 9.78 Å². The van der Waals surface area contributed by atoms with E-state index in [-0.39, 0.29) is 11.9 Å². The zero-order valence-electron chi connectivity index (χ0n) is 11.5. The maximum atomic E-state index is 11.9. The van der Waals surface area contributed by atoms with Gasteiger partial charge in [-0.2, -0.15) is 5.10 Å². The molecule has 0 aliphatic heterocycles. The van der Waals surface area contributed by atoms with Crippen LogP contribution < -0.4 is 5.32 Å². The number of aryl methyl sites for hydroxylation is 2. The molecule has 0 bridgehead atoms. The van der Waals surface area contributed by atoms with Gasteiger partial charge >= 0.3 is 5.97 Å². The number of anilines is 1. The number of thiophene rings is 1. The van der Waals surface area contributed by atoms with Crippen LogP contribution in [-0.4, -0.2) is 28.3 Å². The number of nitrogens with zero attached hydrogens (tertiary/aromatic N) is 2. The van der Waals surface area contributed by atoms with Gasteiger partial charge < -0.3 is 10.1 Å². The minimum absolute atomic E-state index is 0.303. The average molecular weight is 293 g/mol. The highest BCUT2D eigenvalue weighted by Gasteiger charge is 2.17. The van der Waals surface area contributed by atoms with Gasteiger partial charge in [0.2, 0.25) is 0 Å². The molecule has 1 amide bonds. The number of nitrogens with one attached hydrogen (secondary N) is 1. The molecule has 2 rings (SSSR count). The third kappa shape index (κ3) is 3.05. The molecule has 2 heterocycles. The summed E-state index contributed by atoms with van der Waals surface area (Å²) in [6, 6.07) is 3.37. The van der Waals surface area contributed by atoms with Crippen LogP contribution in [0.5, 0.6) is 0 Å². The minimum Gasteiger partial charge on any atom is -0.462 e. The van der Waals surface area contributed by atoms with Crippen LogP contribution in [0.25, 0.3) is 0 Å². The Morgan fingerprint density at radius 1 is 1.50 bits per heavy atom. The highest BCUT2D eigenvalue weighted by atomic mass is 32.1. The highest BCUT2D eigenvalue weighted by molar-refractivity contribution is 7.18. The Labute approximate surface area is 120 Å². The first-order valence-corrected chi connectivity index (χ1v) is 6.91. The van der Waals surface area contributed by atoms with Crippen LogP contribution >= 0.6 is 11.3 Å². The Morgan fingerprint density at radius 2 is 2.25 bits per heavy atom. The standard InChI is InChI=1S/C13H15N3O3S/c1-4-19-13(18)11-8(2)7-10(20-11)14-12(17)9-5-6-16(3)15-9/h5-7H,4H2,1-3H3,(H,14,17). The Morgan fingerprint density at radius 3 is 2.85 bits per heavy atom. The van der Waals surface area contributed by atoms with E-state index in [0.29, 0.717) is 22.2 Å². The van der Waals surface area contributed by atoms with Gasteiger partial charge in [-0.05, 0) is 31.5 Å². The fourth-order valence-electron chi connectivity index (χ4n) is 1.66. The number of carbonyl (C=O) groups is 2. The van der Waals surface area contributed by atoms with Crippen molar-refractivity contribution in [2.45, 2.75) is 13.8 Å². The molecular weight excluding hydrogens is 278 g/mol. The van der Waals surface area contributed by atoms with Crippen molar-refractivity contribution in [2.75, 3.05) is 11.9 Å². The summed E-state index contributed by atoms with van der Waals surface area (Å²) in [5.41, 5.74) is 1.11. The molecule has 2 aromatic rings. The van der Waals surface area contributed by atoms with Crippen molar-refractivity contribution in [3.63, 3.8) is 0 Å². The molecule has 0 aromatic carbocycles. The number of ether oxygens (including phenoxy) is 1. The van der Waals surface area contributed by atoms with E-state index in [9.17, 15) is 9.59 Å². The Balaban J connectivity index is 2.12. The van der Waals surface area contributed by atoms with Gasteiger partial charge in [0.15, 0.2) is 5.69 Å². The third-order valence-electron chi connectivity index (χ3n) is 2.56. The first-order chi connectivity index (χ1) is 9.51. The molecule has 7 heteroatoms. The van der Waals surface area contributed by atoms with E-state index < -0.39 is 0 Å². The lowest BCUT2D eigenvalue weighted by Crippen LogP contribution is -2.12. The molecule has 0 saturated heterocycles. The number of carbonyl (C=O) groups excluding carboxylic acids is 2. The number of hydrogen-bond donors (Lipinski definition) is 1. The maximum Gasteiger partial charge on any atom is 0.348 e. The summed E-state index contributed by atoms with van der Waals surface area (Å²) in [5, 5.41) is 7.34. The van der Waals surface area contributed by atoms with Crippen molar-refractivity contribution >= 4 is 28.2 Å². The minimum atomic E-state index is -0.367. The van der Waals surface area contributed by atoms with E-state index in [1.165, 1.54) is 11.3 Å². The van der Waals surface area contributed by atoms with Crippen LogP contribution in [0.2, 0.25) is 0 Å². The molecule has 2 aromatic heterocycles. The summed E-state index contributed by atoms with van der Waals surface area (Å²) >= 11 is 1.20. The van der Waals surface area contributed by atoms with Crippen molar-refractivity contribution < 1.29 is 14.3 Å². The van der Waals surface area contributed by atoms with E-state index in [1.54, 1.807) is 43.9 Å². The summed E-state index contributed by atoms with van der Waals surface area (Å²) in [6.07, 6.45) is 1.69. The summed E-state index contributed by atoms with van der Waals surface area (Å²) < 4.78 is 6.51. The van der Waals surface area contributed by atoms with Crippen LogP contribution in [0.3, 0.4) is 0 Å². The van der Waals surface area contributed by atoms with E-state index >= 15 is 0 Å². The van der Waals surface area contributed by atoms with Crippen LogP contribution in [0, 0.1) is 6.92 Å². The number of amides is 1. The molecule has 0 saturated carbocycles. The molecule has 0 aliphatic rings. The lowest BCUT2D eigenvalue weighted by molar-refractivity contribution is 0.0531. The highest BCUT2D eigenvalue weighted by Crippen LogP contribution is 2.27. The molecular formula is C13H15N3O3S. The van der Waals surface area contributed by atoms with E-state index in [0.717, 1.165) is 5.56 Å². The molecule has 0 radical (unpaired) electrons. The molecule has 106 valence electrons. The number of aromatic nitrogens is 2. The van der Waals surface area contributed by atoms with Gasteiger partial charge in [-0.1, -0.05) is 0 Å². The quantitative estimate of drug-likeness (QED) is 0.877. The van der Waals surface area contributed by atoms with Crippen molar-refractivity contribution in [1.29, 1.82) is 0 Å². The van der Waals surface area contributed by atoms with Crippen molar-refractivity contribution in [3.05, 3.63) is 34.5 Å². The largest absolute Gasteiger partial charge is 0.462 e. The zero-order valence-corrected chi connectivity index (χ0v) is 12.3. The third-order valence-corrected chi connectivity index (χ3v) is 3.69. The second-order valence-electron chi connectivity index (χ2n) is 4.17. The van der Waals surface area contributed by atoms with Gasteiger partial charge in [0.1, 0.15) is 4.88 Å². The Kier molecular flexibility index (Phi) is 4.19. The molecule has 0 unspecified atom stereocenters. The monoisotopic (exact) mass is 293 g/mol. The molecule has 20 heavy (non-hydrogen) atoms. The van der Waals surface area contributed by atoms with Gasteiger partial charge in [-0.3, -0.25) is 9.48 Å². The van der Waals surface area contributed by atoms with E-state index in [4.69, 9.17) is 4.74 Å². The zero-order chi connectivity index (χ0) is 14.7. The predicted octanol–water partition coefficient (Wildman–Crippen LogP) is 2.22. The summed E-state index contributed by atoms with van der Waals surface area (Å²) in [5.74, 6) is -0.671. The lowest BCUT2D eigenvalue weighted by atomic mass is 10.3. The van der Waals surface area contributed by atoms with E-state index in [1.807, 2.05) is 0 Å². The summed E-state index contributed by atoms with van der Waals surface area (Å²) in [4.78, 5) is 24.1. The lowest BCUT2D eigenvalue weighted by Gasteiger charge is -1.99. The van der Waals surface area contributed by atoms with Crippen molar-refractivity contribution in [3.8, 4) is 0 Å². The normalized spacial score (nSPS) is 10.3. The van der Waals surface area contributed by atoms with Crippen LogP contribution in [-0.2, 0) is 11.8 Å². The second-order valence-corrected chi connectivity index (χ2v) is 5.22. The summed E-state index contributed by atoms with van der Waals surface area (Å²) in [7, 11) is 1.74. The first kappa shape index (κ1) is 14.3. The molecule has 1 N–H and O–H groups in total. The average Bonchev–Trinajstić information content (AvgIpc) is 2.96. The predicted molar refractivity (Wildman–Crippen MR) is 76.2 cm³/mol. The molecule has 6 nitrogen and oxygen atoms in total. The Hall–Kier alpha value is -2.15. The topological polar surface area (TPSA) is 73.2 Å².